The highest BCUT2D eigenvalue weighted by molar-refractivity contribution is 5.92. The van der Waals surface area contributed by atoms with Crippen LogP contribution in [0.1, 0.15) is 18.3 Å². The highest BCUT2D eigenvalue weighted by atomic mass is 16.5. The molecule has 122 valence electrons. The Morgan fingerprint density at radius 1 is 1.17 bits per heavy atom. The number of aromatic nitrogens is 3. The van der Waals surface area contributed by atoms with Crippen molar-refractivity contribution in [3.8, 4) is 0 Å². The second kappa shape index (κ2) is 6.91. The zero-order valence-corrected chi connectivity index (χ0v) is 13.1. The second-order valence-corrected chi connectivity index (χ2v) is 5.24. The maximum Gasteiger partial charge on any atom is 0.303 e. The molecule has 0 saturated heterocycles. The van der Waals surface area contributed by atoms with Crippen molar-refractivity contribution >= 4 is 23.2 Å². The van der Waals surface area contributed by atoms with Crippen LogP contribution in [0.4, 0.5) is 5.69 Å². The summed E-state index contributed by atoms with van der Waals surface area (Å²) in [5.41, 5.74) is 2.37. The average molecular weight is 324 g/mol. The van der Waals surface area contributed by atoms with Crippen LogP contribution >= 0.6 is 0 Å². The Morgan fingerprint density at radius 3 is 2.71 bits per heavy atom. The molecule has 3 rings (SSSR count). The second-order valence-electron chi connectivity index (χ2n) is 5.24. The summed E-state index contributed by atoms with van der Waals surface area (Å²) in [6.45, 7) is 0.937. The lowest BCUT2D eigenvalue weighted by atomic mass is 10.1. The van der Waals surface area contributed by atoms with E-state index in [-0.39, 0.29) is 6.61 Å². The number of carbonyl (C=O) groups excluding carboxylic acids is 2. The molecule has 0 bridgehead atoms. The van der Waals surface area contributed by atoms with E-state index in [1.54, 1.807) is 22.8 Å². The lowest BCUT2D eigenvalue weighted by Gasteiger charge is -2.05. The Bertz CT molecular complexity index is 874. The van der Waals surface area contributed by atoms with Crippen LogP contribution in [-0.4, -0.2) is 33.1 Å². The first kappa shape index (κ1) is 15.7. The molecule has 3 aromatic rings. The van der Waals surface area contributed by atoms with Crippen LogP contribution in [0.5, 0.6) is 0 Å². The van der Waals surface area contributed by atoms with E-state index in [1.165, 1.54) is 6.92 Å². The summed E-state index contributed by atoms with van der Waals surface area (Å²) >= 11 is 0. The van der Waals surface area contributed by atoms with Crippen LogP contribution in [-0.2, 0) is 20.7 Å². The summed E-state index contributed by atoms with van der Waals surface area (Å²) < 4.78 is 6.26. The third kappa shape index (κ3) is 3.95. The first-order valence-electron chi connectivity index (χ1n) is 7.42. The van der Waals surface area contributed by atoms with E-state index >= 15 is 0 Å². The summed E-state index contributed by atoms with van der Waals surface area (Å²) in [4.78, 5) is 26.8. The van der Waals surface area contributed by atoms with Gasteiger partial charge in [0.15, 0.2) is 18.1 Å². The van der Waals surface area contributed by atoms with Crippen LogP contribution in [0, 0.1) is 0 Å². The van der Waals surface area contributed by atoms with Gasteiger partial charge in [0, 0.05) is 13.3 Å². The monoisotopic (exact) mass is 324 g/mol. The van der Waals surface area contributed by atoms with Crippen molar-refractivity contribution in [2.75, 3.05) is 11.9 Å². The molecule has 0 aliphatic heterocycles. The molecule has 1 aromatic carbocycles. The molecular weight excluding hydrogens is 308 g/mol. The van der Waals surface area contributed by atoms with Gasteiger partial charge >= 0.3 is 5.97 Å². The minimum atomic E-state index is -0.498. The minimum Gasteiger partial charge on any atom is -0.456 e. The average Bonchev–Trinajstić information content (AvgIpc) is 2.95. The molecule has 0 fully saturated rings. The fourth-order valence-corrected chi connectivity index (χ4v) is 2.22. The predicted octanol–water partition coefficient (Wildman–Crippen LogP) is 1.82. The number of hydrogen-bond donors (Lipinski definition) is 1. The predicted molar refractivity (Wildman–Crippen MR) is 87.5 cm³/mol. The van der Waals surface area contributed by atoms with Crippen molar-refractivity contribution in [3.63, 3.8) is 0 Å². The number of amides is 1. The number of ether oxygens (including phenoxy) is 1. The maximum atomic E-state index is 11.7. The first-order valence-corrected chi connectivity index (χ1v) is 7.42. The molecule has 0 unspecified atom stereocenters. The lowest BCUT2D eigenvalue weighted by Crippen LogP contribution is -2.20. The molecular formula is C17H16N4O3. The Hall–Kier alpha value is -3.22. The number of rotatable bonds is 5. The van der Waals surface area contributed by atoms with E-state index in [0.29, 0.717) is 23.6 Å². The van der Waals surface area contributed by atoms with Crippen LogP contribution in [0.3, 0.4) is 0 Å². The highest BCUT2D eigenvalue weighted by Crippen LogP contribution is 2.12. The molecule has 0 aliphatic carbocycles. The molecule has 0 saturated carbocycles. The van der Waals surface area contributed by atoms with Crippen molar-refractivity contribution in [1.82, 2.24) is 14.6 Å². The molecule has 24 heavy (non-hydrogen) atoms. The summed E-state index contributed by atoms with van der Waals surface area (Å²) in [5.74, 6) is -0.207. The molecule has 1 N–H and O–H groups in total. The van der Waals surface area contributed by atoms with E-state index in [2.05, 4.69) is 20.1 Å². The lowest BCUT2D eigenvalue weighted by molar-refractivity contribution is -0.144. The van der Waals surface area contributed by atoms with E-state index in [1.807, 2.05) is 30.3 Å². The third-order valence-corrected chi connectivity index (χ3v) is 3.27. The van der Waals surface area contributed by atoms with Crippen molar-refractivity contribution in [3.05, 3.63) is 60.0 Å². The summed E-state index contributed by atoms with van der Waals surface area (Å²) in [5, 5.41) is 7.06. The Kier molecular flexibility index (Phi) is 4.51. The largest absolute Gasteiger partial charge is 0.456 e. The van der Waals surface area contributed by atoms with Gasteiger partial charge in [-0.3, -0.25) is 9.59 Å². The molecule has 0 atom stereocenters. The zero-order valence-electron chi connectivity index (χ0n) is 13.1. The van der Waals surface area contributed by atoms with Gasteiger partial charge < -0.3 is 10.1 Å². The van der Waals surface area contributed by atoms with E-state index < -0.39 is 11.9 Å². The Balaban J connectivity index is 1.72. The zero-order chi connectivity index (χ0) is 16.9. The standard InChI is InChI=1S/C17H16N4O3/c1-12(22)24-11-17(23)18-14-7-8-16-19-15(20-21(16)10-14)9-13-5-3-2-4-6-13/h2-8,10H,9,11H2,1H3,(H,18,23). The Morgan fingerprint density at radius 2 is 1.96 bits per heavy atom. The molecule has 0 aliphatic rings. The number of nitrogens with zero attached hydrogens (tertiary/aromatic N) is 3. The van der Waals surface area contributed by atoms with Gasteiger partial charge in [-0.15, -0.1) is 0 Å². The van der Waals surface area contributed by atoms with Gasteiger partial charge in [-0.2, -0.15) is 5.10 Å². The number of esters is 1. The van der Waals surface area contributed by atoms with Gasteiger partial charge in [0.2, 0.25) is 0 Å². The topological polar surface area (TPSA) is 85.6 Å². The normalized spacial score (nSPS) is 10.5. The van der Waals surface area contributed by atoms with Crippen LogP contribution in [0.25, 0.3) is 5.65 Å². The molecule has 7 heteroatoms. The van der Waals surface area contributed by atoms with E-state index in [4.69, 9.17) is 0 Å². The number of carbonyl (C=O) groups is 2. The first-order chi connectivity index (χ1) is 11.6. The Labute approximate surface area is 138 Å². The molecule has 7 nitrogen and oxygen atoms in total. The molecule has 2 aromatic heterocycles. The van der Waals surface area contributed by atoms with E-state index in [0.717, 1.165) is 5.56 Å². The van der Waals surface area contributed by atoms with Crippen molar-refractivity contribution in [2.24, 2.45) is 0 Å². The van der Waals surface area contributed by atoms with Gasteiger partial charge in [-0.05, 0) is 17.7 Å². The van der Waals surface area contributed by atoms with Crippen molar-refractivity contribution < 1.29 is 14.3 Å². The van der Waals surface area contributed by atoms with Crippen molar-refractivity contribution in [1.29, 1.82) is 0 Å². The van der Waals surface area contributed by atoms with Gasteiger partial charge in [-0.25, -0.2) is 9.50 Å². The smallest absolute Gasteiger partial charge is 0.303 e. The highest BCUT2D eigenvalue weighted by Gasteiger charge is 2.08. The van der Waals surface area contributed by atoms with Crippen LogP contribution in [0.15, 0.2) is 48.7 Å². The fourth-order valence-electron chi connectivity index (χ4n) is 2.22. The van der Waals surface area contributed by atoms with Crippen LogP contribution in [0.2, 0.25) is 0 Å². The maximum absolute atomic E-state index is 11.7. The summed E-state index contributed by atoms with van der Waals surface area (Å²) in [7, 11) is 0. The number of pyridine rings is 1. The van der Waals surface area contributed by atoms with Gasteiger partial charge in [0.05, 0.1) is 11.9 Å². The van der Waals surface area contributed by atoms with Gasteiger partial charge in [-0.1, -0.05) is 30.3 Å². The van der Waals surface area contributed by atoms with Gasteiger partial charge in [0.1, 0.15) is 0 Å². The van der Waals surface area contributed by atoms with Gasteiger partial charge in [0.25, 0.3) is 5.91 Å². The molecule has 0 spiro atoms. The number of benzene rings is 1. The number of hydrogen-bond acceptors (Lipinski definition) is 5. The molecule has 1 amide bonds. The number of nitrogens with one attached hydrogen (secondary N) is 1. The van der Waals surface area contributed by atoms with Crippen molar-refractivity contribution in [2.45, 2.75) is 13.3 Å². The fraction of sp³-hybridized carbons (Fsp3) is 0.176. The van der Waals surface area contributed by atoms with E-state index in [9.17, 15) is 9.59 Å². The molecule has 0 radical (unpaired) electrons. The third-order valence-electron chi connectivity index (χ3n) is 3.27. The summed E-state index contributed by atoms with van der Waals surface area (Å²) in [6, 6.07) is 13.4. The quantitative estimate of drug-likeness (QED) is 0.724. The van der Waals surface area contributed by atoms with Crippen LogP contribution < -0.4 is 5.32 Å². The summed E-state index contributed by atoms with van der Waals surface area (Å²) in [6.07, 6.45) is 2.30. The SMILES string of the molecule is CC(=O)OCC(=O)Nc1ccc2nc(Cc3ccccc3)nn2c1. The number of anilines is 1. The molecule has 2 heterocycles. The number of fused-ring (bicyclic) bond motifs is 1. The minimum absolute atomic E-state index is 0.315.